The van der Waals surface area contributed by atoms with Gasteiger partial charge in [0.2, 0.25) is 5.91 Å². The van der Waals surface area contributed by atoms with Crippen LogP contribution >= 0.6 is 0 Å². The Labute approximate surface area is 210 Å². The Kier molecular flexibility index (Phi) is 7.37. The van der Waals surface area contributed by atoms with Crippen molar-refractivity contribution in [2.75, 3.05) is 31.6 Å². The molecule has 194 valence electrons. The summed E-state index contributed by atoms with van der Waals surface area (Å²) in [6.07, 6.45) is 6.28. The zero-order valence-electron chi connectivity index (χ0n) is 21.0. The normalized spacial score (nSPS) is 22.9. The maximum Gasteiger partial charge on any atom is 0.219 e. The number of nitrogens with zero attached hydrogens (tertiary/aromatic N) is 4. The van der Waals surface area contributed by atoms with E-state index in [-0.39, 0.29) is 29.8 Å². The molecule has 3 aliphatic rings. The van der Waals surface area contributed by atoms with Crippen LogP contribution in [0.5, 0.6) is 5.75 Å². The summed E-state index contributed by atoms with van der Waals surface area (Å²) >= 11 is 0. The number of anilines is 1. The van der Waals surface area contributed by atoms with E-state index in [4.69, 9.17) is 19.4 Å². The molecule has 0 radical (unpaired) electrons. The zero-order valence-corrected chi connectivity index (χ0v) is 21.0. The lowest BCUT2D eigenvalue weighted by molar-refractivity contribution is -0.129. The molecule has 1 aliphatic carbocycles. The minimum atomic E-state index is -0.676. The van der Waals surface area contributed by atoms with Gasteiger partial charge in [-0.3, -0.25) is 4.79 Å². The van der Waals surface area contributed by atoms with Crippen LogP contribution in [0.4, 0.5) is 14.6 Å². The average molecular weight is 501 g/mol. The molecule has 1 saturated heterocycles. The van der Waals surface area contributed by atoms with Gasteiger partial charge in [-0.1, -0.05) is 6.42 Å². The van der Waals surface area contributed by atoms with Crippen LogP contribution in [-0.2, 0) is 22.5 Å². The fourth-order valence-electron chi connectivity index (χ4n) is 5.66. The van der Waals surface area contributed by atoms with E-state index < -0.39 is 11.6 Å². The van der Waals surface area contributed by atoms with E-state index in [1.54, 1.807) is 14.0 Å². The molecule has 0 bridgehead atoms. The Morgan fingerprint density at radius 3 is 2.56 bits per heavy atom. The fourth-order valence-corrected chi connectivity index (χ4v) is 5.66. The number of fused-ring (bicyclic) bond motifs is 1. The Morgan fingerprint density at radius 1 is 1.03 bits per heavy atom. The first-order valence-electron chi connectivity index (χ1n) is 13.0. The number of carbonyl (C=O) groups excluding carboxylic acids is 1. The third kappa shape index (κ3) is 5.31. The molecule has 9 heteroatoms. The van der Waals surface area contributed by atoms with Crippen LogP contribution in [0.1, 0.15) is 68.4 Å². The monoisotopic (exact) mass is 500 g/mol. The summed E-state index contributed by atoms with van der Waals surface area (Å²) in [7, 11) is 1.77. The number of halogens is 2. The zero-order chi connectivity index (χ0) is 25.2. The van der Waals surface area contributed by atoms with Gasteiger partial charge in [0.1, 0.15) is 11.9 Å². The second kappa shape index (κ2) is 10.7. The van der Waals surface area contributed by atoms with Crippen molar-refractivity contribution in [2.45, 2.75) is 76.5 Å². The highest BCUT2D eigenvalue weighted by Crippen LogP contribution is 2.39. The molecule has 2 atom stereocenters. The number of hydrogen-bond donors (Lipinski definition) is 0. The van der Waals surface area contributed by atoms with Crippen molar-refractivity contribution in [1.82, 2.24) is 14.9 Å². The maximum atomic E-state index is 14.1. The molecular weight excluding hydrogens is 466 g/mol. The summed E-state index contributed by atoms with van der Waals surface area (Å²) < 4.78 is 38.9. The third-order valence-corrected chi connectivity index (χ3v) is 7.74. The Bertz CT molecular complexity index is 1110. The van der Waals surface area contributed by atoms with E-state index in [1.807, 2.05) is 4.90 Å². The van der Waals surface area contributed by atoms with Gasteiger partial charge in [-0.05, 0) is 31.4 Å². The molecule has 2 unspecified atom stereocenters. The molecule has 1 aromatic heterocycles. The number of rotatable bonds is 5. The van der Waals surface area contributed by atoms with E-state index in [0.717, 1.165) is 54.6 Å². The number of hydrogen-bond acceptors (Lipinski definition) is 6. The van der Waals surface area contributed by atoms with Gasteiger partial charge in [-0.15, -0.1) is 0 Å². The first-order chi connectivity index (χ1) is 17.4. The molecule has 0 spiro atoms. The molecule has 1 amide bonds. The lowest BCUT2D eigenvalue weighted by Gasteiger charge is -2.37. The smallest absolute Gasteiger partial charge is 0.219 e. The van der Waals surface area contributed by atoms with Gasteiger partial charge in [0.25, 0.3) is 0 Å². The van der Waals surface area contributed by atoms with Gasteiger partial charge in [-0.2, -0.15) is 0 Å². The minimum Gasteiger partial charge on any atom is -0.487 e. The Balaban J connectivity index is 1.36. The lowest BCUT2D eigenvalue weighted by Crippen LogP contribution is -2.41. The van der Waals surface area contributed by atoms with Crippen molar-refractivity contribution >= 4 is 11.7 Å². The number of methoxy groups -OCH3 is 1. The molecule has 3 heterocycles. The molecule has 36 heavy (non-hydrogen) atoms. The van der Waals surface area contributed by atoms with Crippen molar-refractivity contribution in [2.24, 2.45) is 0 Å². The van der Waals surface area contributed by atoms with Crippen molar-refractivity contribution in [3.63, 3.8) is 0 Å². The predicted molar refractivity (Wildman–Crippen MR) is 131 cm³/mol. The molecule has 1 saturated carbocycles. The summed E-state index contributed by atoms with van der Waals surface area (Å²) in [5, 5.41) is 0. The van der Waals surface area contributed by atoms with Crippen LogP contribution in [0.25, 0.3) is 0 Å². The van der Waals surface area contributed by atoms with Crippen LogP contribution in [0.2, 0.25) is 0 Å². The van der Waals surface area contributed by atoms with Gasteiger partial charge in [0.05, 0.1) is 29.7 Å². The number of ether oxygens (including phenoxy) is 2. The number of benzene rings is 1. The lowest BCUT2D eigenvalue weighted by atomic mass is 9.84. The predicted octanol–water partition coefficient (Wildman–Crippen LogP) is 4.38. The van der Waals surface area contributed by atoms with E-state index in [0.29, 0.717) is 45.4 Å². The van der Waals surface area contributed by atoms with Crippen molar-refractivity contribution in [3.8, 4) is 5.75 Å². The highest BCUT2D eigenvalue weighted by atomic mass is 19.1. The van der Waals surface area contributed by atoms with Crippen molar-refractivity contribution < 1.29 is 23.0 Å². The van der Waals surface area contributed by atoms with Crippen LogP contribution in [-0.4, -0.2) is 59.7 Å². The van der Waals surface area contributed by atoms with Gasteiger partial charge in [0.15, 0.2) is 17.4 Å². The van der Waals surface area contributed by atoms with E-state index >= 15 is 0 Å². The minimum absolute atomic E-state index is 0.0600. The standard InChI is InChI=1S/C27H34F2N4O3/c1-17(34)33-13-10-23-24(16-33)30-26(18-4-3-5-21(14-18)35-2)27(31-23)32-11-8-20(9-12-32)36-25-7-6-19(28)15-22(25)29/h6-7,15,18,20-21H,3-5,8-14,16H2,1-2H3. The topological polar surface area (TPSA) is 67.8 Å². The average Bonchev–Trinajstić information content (AvgIpc) is 2.89. The van der Waals surface area contributed by atoms with Gasteiger partial charge in [-0.25, -0.2) is 18.7 Å². The molecule has 2 aliphatic heterocycles. The van der Waals surface area contributed by atoms with Gasteiger partial charge < -0.3 is 19.3 Å². The summed E-state index contributed by atoms with van der Waals surface area (Å²) in [6, 6.07) is 3.42. The first kappa shape index (κ1) is 24.9. The van der Waals surface area contributed by atoms with E-state index in [2.05, 4.69) is 4.90 Å². The van der Waals surface area contributed by atoms with Gasteiger partial charge in [0, 0.05) is 64.9 Å². The van der Waals surface area contributed by atoms with E-state index in [1.165, 1.54) is 12.1 Å². The summed E-state index contributed by atoms with van der Waals surface area (Å²) in [4.78, 5) is 26.4. The summed E-state index contributed by atoms with van der Waals surface area (Å²) in [6.45, 7) is 4.19. The molecular formula is C27H34F2N4O3. The second-order valence-corrected chi connectivity index (χ2v) is 10.1. The largest absolute Gasteiger partial charge is 0.487 e. The van der Waals surface area contributed by atoms with E-state index in [9.17, 15) is 13.6 Å². The quantitative estimate of drug-likeness (QED) is 0.607. The van der Waals surface area contributed by atoms with Crippen LogP contribution in [0, 0.1) is 11.6 Å². The van der Waals surface area contributed by atoms with Gasteiger partial charge >= 0.3 is 0 Å². The highest BCUT2D eigenvalue weighted by molar-refractivity contribution is 5.73. The third-order valence-electron chi connectivity index (χ3n) is 7.74. The molecule has 0 N–H and O–H groups in total. The molecule has 5 rings (SSSR count). The van der Waals surface area contributed by atoms with Crippen LogP contribution in [0.15, 0.2) is 18.2 Å². The SMILES string of the molecule is COC1CCCC(c2nc3c(nc2N2CCC(Oc4ccc(F)cc4F)CC2)CCN(C(C)=O)C3)C1. The number of carbonyl (C=O) groups is 1. The first-order valence-corrected chi connectivity index (χ1v) is 13.0. The fraction of sp³-hybridized carbons (Fsp3) is 0.593. The molecule has 2 aromatic rings. The highest BCUT2D eigenvalue weighted by Gasteiger charge is 2.33. The van der Waals surface area contributed by atoms with Crippen LogP contribution < -0.4 is 9.64 Å². The number of aromatic nitrogens is 2. The Hall–Kier alpha value is -2.81. The summed E-state index contributed by atoms with van der Waals surface area (Å²) in [5.74, 6) is 0.0457. The molecule has 2 fully saturated rings. The number of amides is 1. The summed E-state index contributed by atoms with van der Waals surface area (Å²) in [5.41, 5.74) is 2.88. The maximum absolute atomic E-state index is 14.1. The Morgan fingerprint density at radius 2 is 1.83 bits per heavy atom. The molecule has 7 nitrogen and oxygen atoms in total. The second-order valence-electron chi connectivity index (χ2n) is 10.1. The van der Waals surface area contributed by atoms with Crippen molar-refractivity contribution in [1.29, 1.82) is 0 Å². The van der Waals surface area contributed by atoms with Crippen LogP contribution in [0.3, 0.4) is 0 Å². The number of piperidine rings is 1. The van der Waals surface area contributed by atoms with Crippen molar-refractivity contribution in [3.05, 3.63) is 46.9 Å². The molecule has 1 aromatic carbocycles.